The summed E-state index contributed by atoms with van der Waals surface area (Å²) in [6.45, 7) is 0.0785. The maximum absolute atomic E-state index is 14.0. The van der Waals surface area contributed by atoms with Crippen LogP contribution in [0.3, 0.4) is 0 Å². The molecule has 1 unspecified atom stereocenters. The van der Waals surface area contributed by atoms with Crippen molar-refractivity contribution in [2.75, 3.05) is 13.6 Å². The lowest BCUT2D eigenvalue weighted by Gasteiger charge is -2.20. The van der Waals surface area contributed by atoms with Gasteiger partial charge in [-0.25, -0.2) is 13.2 Å². The molecule has 0 spiro atoms. The van der Waals surface area contributed by atoms with Crippen LogP contribution in [0.1, 0.15) is 33.3 Å². The van der Waals surface area contributed by atoms with Crippen molar-refractivity contribution >= 4 is 28.6 Å². The molecule has 2 heterocycles. The second kappa shape index (κ2) is 10.8. The summed E-state index contributed by atoms with van der Waals surface area (Å²) in [5, 5.41) is 13.8. The number of furan rings is 1. The van der Waals surface area contributed by atoms with E-state index >= 15 is 0 Å². The van der Waals surface area contributed by atoms with Gasteiger partial charge in [-0.2, -0.15) is 0 Å². The summed E-state index contributed by atoms with van der Waals surface area (Å²) < 4.78 is 48.4. The number of benzene rings is 2. The van der Waals surface area contributed by atoms with Gasteiger partial charge < -0.3 is 19.4 Å². The second-order valence-electron chi connectivity index (χ2n) is 8.72. The van der Waals surface area contributed by atoms with E-state index in [1.807, 2.05) is 0 Å². The Labute approximate surface area is 214 Å². The predicted molar refractivity (Wildman–Crippen MR) is 132 cm³/mol. The summed E-state index contributed by atoms with van der Waals surface area (Å²) >= 11 is 5.87. The van der Waals surface area contributed by atoms with Gasteiger partial charge in [-0.15, -0.1) is 0 Å². The van der Waals surface area contributed by atoms with Crippen LogP contribution in [0, 0.1) is 17.5 Å². The zero-order chi connectivity index (χ0) is 26.9. The molecule has 0 aliphatic carbocycles. The summed E-state index contributed by atoms with van der Waals surface area (Å²) in [5.74, 6) is -3.68. The molecule has 0 saturated heterocycles. The number of hydrogen-bond acceptors (Lipinski definition) is 5. The zero-order valence-electron chi connectivity index (χ0n) is 19.9. The monoisotopic (exact) mass is 533 g/mol. The van der Waals surface area contributed by atoms with Crippen molar-refractivity contribution in [2.45, 2.75) is 19.2 Å². The van der Waals surface area contributed by atoms with Crippen LogP contribution in [0.2, 0.25) is 5.02 Å². The number of aliphatic hydroxyl groups is 1. The molecule has 4 rings (SSSR count). The van der Waals surface area contributed by atoms with E-state index in [1.54, 1.807) is 38.4 Å². The van der Waals surface area contributed by atoms with Gasteiger partial charge in [0.05, 0.1) is 23.6 Å². The van der Waals surface area contributed by atoms with Gasteiger partial charge in [0, 0.05) is 43.5 Å². The van der Waals surface area contributed by atoms with Gasteiger partial charge in [-0.05, 0) is 30.8 Å². The van der Waals surface area contributed by atoms with Gasteiger partial charge in [0.15, 0.2) is 0 Å². The molecule has 194 valence electrons. The lowest BCUT2D eigenvalue weighted by molar-refractivity contribution is 0.0949. The van der Waals surface area contributed by atoms with Crippen molar-refractivity contribution < 1.29 is 27.5 Å². The van der Waals surface area contributed by atoms with Crippen LogP contribution in [0.25, 0.3) is 11.1 Å². The number of aliphatic hydroxyl groups excluding tert-OH is 1. The van der Waals surface area contributed by atoms with Crippen LogP contribution < -0.4 is 10.7 Å². The molecule has 0 aliphatic heterocycles. The van der Waals surface area contributed by atoms with Crippen molar-refractivity contribution in [3.8, 4) is 0 Å². The van der Waals surface area contributed by atoms with Gasteiger partial charge in [0.2, 0.25) is 11.1 Å². The number of nitrogens with one attached hydrogen (secondary N) is 1. The summed E-state index contributed by atoms with van der Waals surface area (Å²) in [6.07, 6.45) is -0.194. The van der Waals surface area contributed by atoms with Crippen molar-refractivity contribution in [1.29, 1.82) is 0 Å². The smallest absolute Gasteiger partial charge is 0.257 e. The highest BCUT2D eigenvalue weighted by Gasteiger charge is 2.22. The van der Waals surface area contributed by atoms with Crippen molar-refractivity contribution in [3.63, 3.8) is 0 Å². The fourth-order valence-corrected chi connectivity index (χ4v) is 4.15. The minimum Gasteiger partial charge on any atom is -0.443 e. The Kier molecular flexibility index (Phi) is 7.72. The Bertz CT molecular complexity index is 1500. The molecule has 0 fully saturated rings. The zero-order valence-corrected chi connectivity index (χ0v) is 20.7. The van der Waals surface area contributed by atoms with E-state index in [-0.39, 0.29) is 36.3 Å². The molecule has 2 N–H and O–H groups in total. The Morgan fingerprint density at radius 3 is 2.46 bits per heavy atom. The Hall–Kier alpha value is -3.60. The van der Waals surface area contributed by atoms with Crippen LogP contribution in [0.5, 0.6) is 0 Å². The van der Waals surface area contributed by atoms with Crippen molar-refractivity contribution in [3.05, 3.63) is 104 Å². The molecule has 4 aromatic rings. The third-order valence-corrected chi connectivity index (χ3v) is 6.05. The standard InChI is InChI=1S/C26H23ClF3N3O4/c1-32(13-22(34)23-20(29)7-16(28)8-21(23)30)11-17-9-18-24(35)19(12-33(2)26(18)37-17)25(36)31-10-14-3-5-15(27)6-4-14/h3-9,12,22,34H,10-11,13H2,1-2H3,(H,31,36). The van der Waals surface area contributed by atoms with Gasteiger partial charge in [-0.3, -0.25) is 14.5 Å². The van der Waals surface area contributed by atoms with E-state index in [0.717, 1.165) is 5.56 Å². The van der Waals surface area contributed by atoms with E-state index in [9.17, 15) is 27.9 Å². The molecule has 11 heteroatoms. The van der Waals surface area contributed by atoms with Crippen LogP contribution >= 0.6 is 11.6 Å². The molecule has 2 aromatic carbocycles. The highest BCUT2D eigenvalue weighted by molar-refractivity contribution is 6.30. The average Bonchev–Trinajstić information content (AvgIpc) is 3.24. The van der Waals surface area contributed by atoms with Crippen molar-refractivity contribution in [2.24, 2.45) is 7.05 Å². The first-order chi connectivity index (χ1) is 17.5. The van der Waals surface area contributed by atoms with Crippen LogP contribution in [0.4, 0.5) is 13.2 Å². The number of carbonyl (C=O) groups is 1. The molecular weight excluding hydrogens is 511 g/mol. The first-order valence-corrected chi connectivity index (χ1v) is 11.6. The van der Waals surface area contributed by atoms with Crippen molar-refractivity contribution in [1.82, 2.24) is 14.8 Å². The molecule has 0 radical (unpaired) electrons. The molecule has 0 aliphatic rings. The maximum atomic E-state index is 14.0. The summed E-state index contributed by atoms with van der Waals surface area (Å²) in [5.41, 5.74) is -0.178. The molecule has 7 nitrogen and oxygen atoms in total. The van der Waals surface area contributed by atoms with Crippen LogP contribution in [0.15, 0.2) is 57.9 Å². The number of likely N-dealkylation sites (N-methyl/N-ethyl adjacent to an activating group) is 1. The van der Waals surface area contributed by atoms with E-state index in [2.05, 4.69) is 5.32 Å². The lowest BCUT2D eigenvalue weighted by atomic mass is 10.1. The number of hydrogen-bond donors (Lipinski definition) is 2. The van der Waals surface area contributed by atoms with E-state index in [1.165, 1.54) is 21.7 Å². The van der Waals surface area contributed by atoms with Gasteiger partial charge in [0.25, 0.3) is 5.91 Å². The van der Waals surface area contributed by atoms with E-state index < -0.39 is 40.5 Å². The minimum atomic E-state index is -1.57. The number of amides is 1. The number of halogens is 4. The second-order valence-corrected chi connectivity index (χ2v) is 9.16. The number of fused-ring (bicyclic) bond motifs is 1. The fraction of sp³-hybridized carbons (Fsp3) is 0.231. The maximum Gasteiger partial charge on any atom is 0.257 e. The molecule has 1 amide bonds. The molecule has 1 atom stereocenters. The van der Waals surface area contributed by atoms with E-state index in [4.69, 9.17) is 16.0 Å². The molecular formula is C26H23ClF3N3O4. The lowest BCUT2D eigenvalue weighted by Crippen LogP contribution is -2.29. The molecule has 2 aromatic heterocycles. The number of aromatic nitrogens is 1. The van der Waals surface area contributed by atoms with Crippen LogP contribution in [-0.2, 0) is 20.1 Å². The number of carbonyl (C=O) groups excluding carboxylic acids is 1. The SMILES string of the molecule is CN(Cc1cc2c(=O)c(C(=O)NCc3ccc(Cl)cc3)cn(C)c2o1)CC(O)c1c(F)cc(F)cc1F. The van der Waals surface area contributed by atoms with E-state index in [0.29, 0.717) is 22.9 Å². The Balaban J connectivity index is 1.49. The summed E-state index contributed by atoms with van der Waals surface area (Å²) in [4.78, 5) is 27.3. The summed E-state index contributed by atoms with van der Waals surface area (Å²) in [7, 11) is 3.20. The Morgan fingerprint density at radius 1 is 1.16 bits per heavy atom. The molecule has 0 saturated carbocycles. The number of rotatable bonds is 8. The first-order valence-electron chi connectivity index (χ1n) is 11.2. The molecule has 37 heavy (non-hydrogen) atoms. The largest absolute Gasteiger partial charge is 0.443 e. The van der Waals surface area contributed by atoms with Gasteiger partial charge >= 0.3 is 0 Å². The molecule has 0 bridgehead atoms. The Morgan fingerprint density at radius 2 is 1.81 bits per heavy atom. The quantitative estimate of drug-likeness (QED) is 0.353. The first kappa shape index (κ1) is 26.5. The summed E-state index contributed by atoms with van der Waals surface area (Å²) in [6, 6.07) is 9.40. The van der Waals surface area contributed by atoms with Crippen LogP contribution in [-0.4, -0.2) is 34.1 Å². The fourth-order valence-electron chi connectivity index (χ4n) is 4.02. The third-order valence-electron chi connectivity index (χ3n) is 5.79. The predicted octanol–water partition coefficient (Wildman–Crippen LogP) is 4.30. The minimum absolute atomic E-state index is 0.0673. The third kappa shape index (κ3) is 5.87. The van der Waals surface area contributed by atoms with Gasteiger partial charge in [0.1, 0.15) is 28.8 Å². The normalized spacial score (nSPS) is 12.3. The average molecular weight is 534 g/mol. The number of nitrogens with zero attached hydrogens (tertiary/aromatic N) is 2. The topological polar surface area (TPSA) is 87.7 Å². The highest BCUT2D eigenvalue weighted by Crippen LogP contribution is 2.24. The number of aryl methyl sites for hydroxylation is 1. The van der Waals surface area contributed by atoms with Gasteiger partial charge in [-0.1, -0.05) is 23.7 Å². The highest BCUT2D eigenvalue weighted by atomic mass is 35.5. The number of pyridine rings is 1.